The first-order valence-corrected chi connectivity index (χ1v) is 6.45. The van der Waals surface area contributed by atoms with Gasteiger partial charge in [0.05, 0.1) is 12.0 Å². The molecular weight excluding hydrogens is 298 g/mol. The van der Waals surface area contributed by atoms with Crippen molar-refractivity contribution in [2.75, 3.05) is 7.11 Å². The summed E-state index contributed by atoms with van der Waals surface area (Å²) in [5.41, 5.74) is 0.362. The smallest absolute Gasteiger partial charge is 0.337 e. The van der Waals surface area contributed by atoms with Crippen molar-refractivity contribution in [1.29, 1.82) is 0 Å². The summed E-state index contributed by atoms with van der Waals surface area (Å²) in [6.07, 6.45) is 1.54. The molecule has 1 aromatic carbocycles. The van der Waals surface area contributed by atoms with E-state index in [-0.39, 0.29) is 16.4 Å². The van der Waals surface area contributed by atoms with Crippen LogP contribution in [-0.2, 0) is 9.59 Å². The summed E-state index contributed by atoms with van der Waals surface area (Å²) in [7, 11) is 1.36. The van der Waals surface area contributed by atoms with Crippen LogP contribution in [0.15, 0.2) is 29.2 Å². The highest BCUT2D eigenvalue weighted by molar-refractivity contribution is 8.18. The Hall–Kier alpha value is -2.61. The average molecular weight is 307 g/mol. The second-order valence-electron chi connectivity index (χ2n) is 3.80. The molecule has 1 heterocycles. The number of hydrogen-bond acceptors (Lipinski definition) is 7. The van der Waals surface area contributed by atoms with Crippen molar-refractivity contribution >= 4 is 35.2 Å². The number of carbonyl (C=O) groups excluding carboxylic acids is 4. The molecule has 0 atom stereocenters. The molecule has 0 aliphatic carbocycles. The van der Waals surface area contributed by atoms with Crippen LogP contribution in [0.4, 0.5) is 4.79 Å². The van der Waals surface area contributed by atoms with Crippen molar-refractivity contribution in [3.05, 3.63) is 34.7 Å². The zero-order chi connectivity index (χ0) is 15.4. The molecule has 1 aliphatic rings. The first-order valence-electron chi connectivity index (χ1n) is 5.63. The lowest BCUT2D eigenvalue weighted by Gasteiger charge is -2.08. The van der Waals surface area contributed by atoms with Gasteiger partial charge in [-0.05, 0) is 30.0 Å². The number of rotatable bonds is 4. The van der Waals surface area contributed by atoms with Gasteiger partial charge in [-0.15, -0.1) is 0 Å². The SMILES string of the molecule is COc1cc(C=O)ccc1OC(=O)/C=C1/SC(=O)NC1=O. The van der Waals surface area contributed by atoms with Gasteiger partial charge in [0.2, 0.25) is 0 Å². The van der Waals surface area contributed by atoms with Crippen LogP contribution in [0.1, 0.15) is 10.4 Å². The number of methoxy groups -OCH3 is 1. The fourth-order valence-corrected chi connectivity index (χ4v) is 2.15. The first kappa shape index (κ1) is 14.8. The lowest BCUT2D eigenvalue weighted by Crippen LogP contribution is -2.18. The Morgan fingerprint density at radius 3 is 2.62 bits per heavy atom. The molecule has 1 fully saturated rings. The number of aldehydes is 1. The summed E-state index contributed by atoms with van der Waals surface area (Å²) < 4.78 is 10.0. The van der Waals surface area contributed by atoms with E-state index in [9.17, 15) is 19.2 Å². The molecule has 2 amide bonds. The minimum Gasteiger partial charge on any atom is -0.493 e. The molecule has 0 saturated carbocycles. The molecule has 1 N–H and O–H groups in total. The maximum absolute atomic E-state index is 11.7. The van der Waals surface area contributed by atoms with Crippen molar-refractivity contribution in [1.82, 2.24) is 5.32 Å². The molecule has 0 radical (unpaired) electrons. The van der Waals surface area contributed by atoms with Crippen molar-refractivity contribution < 1.29 is 28.7 Å². The number of amides is 2. The number of thioether (sulfide) groups is 1. The number of imide groups is 1. The highest BCUT2D eigenvalue weighted by atomic mass is 32.2. The maximum atomic E-state index is 11.7. The summed E-state index contributed by atoms with van der Waals surface area (Å²) in [5, 5.41) is 1.47. The van der Waals surface area contributed by atoms with E-state index in [0.29, 0.717) is 23.6 Å². The zero-order valence-corrected chi connectivity index (χ0v) is 11.6. The van der Waals surface area contributed by atoms with Gasteiger partial charge in [0, 0.05) is 11.6 Å². The Morgan fingerprint density at radius 1 is 1.29 bits per heavy atom. The second kappa shape index (κ2) is 6.23. The van der Waals surface area contributed by atoms with Crippen molar-refractivity contribution in [2.45, 2.75) is 0 Å². The highest BCUT2D eigenvalue weighted by Crippen LogP contribution is 2.28. The van der Waals surface area contributed by atoms with E-state index in [1.807, 2.05) is 5.32 Å². The van der Waals surface area contributed by atoms with Gasteiger partial charge in [0.1, 0.15) is 6.29 Å². The molecule has 0 unspecified atom stereocenters. The predicted octanol–water partition coefficient (Wildman–Crippen LogP) is 1.28. The van der Waals surface area contributed by atoms with Gasteiger partial charge in [-0.2, -0.15) is 0 Å². The zero-order valence-electron chi connectivity index (χ0n) is 10.7. The number of ether oxygens (including phenoxy) is 2. The van der Waals surface area contributed by atoms with Crippen LogP contribution in [0, 0.1) is 0 Å². The largest absolute Gasteiger partial charge is 0.493 e. The van der Waals surface area contributed by atoms with Crippen LogP contribution in [0.25, 0.3) is 0 Å². The summed E-state index contributed by atoms with van der Waals surface area (Å²) in [4.78, 5) is 44.6. The van der Waals surface area contributed by atoms with E-state index in [1.165, 1.54) is 25.3 Å². The third-order valence-electron chi connectivity index (χ3n) is 2.43. The van der Waals surface area contributed by atoms with Gasteiger partial charge in [0.25, 0.3) is 11.1 Å². The third kappa shape index (κ3) is 3.48. The number of carbonyl (C=O) groups is 4. The summed E-state index contributed by atoms with van der Waals surface area (Å²) in [5.74, 6) is -1.18. The summed E-state index contributed by atoms with van der Waals surface area (Å²) in [6.45, 7) is 0. The molecule has 8 heteroatoms. The quantitative estimate of drug-likeness (QED) is 0.387. The molecule has 0 aromatic heterocycles. The Balaban J connectivity index is 2.16. The topological polar surface area (TPSA) is 98.8 Å². The van der Waals surface area contributed by atoms with Gasteiger partial charge in [-0.3, -0.25) is 19.7 Å². The molecule has 1 aliphatic heterocycles. The Kier molecular flexibility index (Phi) is 4.39. The van der Waals surface area contributed by atoms with E-state index >= 15 is 0 Å². The van der Waals surface area contributed by atoms with E-state index in [2.05, 4.69) is 0 Å². The number of esters is 1. The second-order valence-corrected chi connectivity index (χ2v) is 4.82. The molecule has 7 nitrogen and oxygen atoms in total. The van der Waals surface area contributed by atoms with E-state index in [1.54, 1.807) is 0 Å². The van der Waals surface area contributed by atoms with Gasteiger partial charge in [-0.1, -0.05) is 0 Å². The monoisotopic (exact) mass is 307 g/mol. The number of nitrogens with one attached hydrogen (secondary N) is 1. The predicted molar refractivity (Wildman–Crippen MR) is 73.2 cm³/mol. The van der Waals surface area contributed by atoms with Gasteiger partial charge >= 0.3 is 5.97 Å². The third-order valence-corrected chi connectivity index (χ3v) is 3.24. The van der Waals surface area contributed by atoms with Crippen LogP contribution >= 0.6 is 11.8 Å². The van der Waals surface area contributed by atoms with Crippen molar-refractivity contribution in [3.63, 3.8) is 0 Å². The molecule has 0 spiro atoms. The van der Waals surface area contributed by atoms with Gasteiger partial charge in [-0.25, -0.2) is 4.79 Å². The van der Waals surface area contributed by atoms with Gasteiger partial charge in [0.15, 0.2) is 11.5 Å². The molecule has 21 heavy (non-hydrogen) atoms. The fourth-order valence-electron chi connectivity index (χ4n) is 1.51. The van der Waals surface area contributed by atoms with E-state index in [0.717, 1.165) is 6.08 Å². The van der Waals surface area contributed by atoms with Gasteiger partial charge < -0.3 is 9.47 Å². The molecule has 2 rings (SSSR count). The highest BCUT2D eigenvalue weighted by Gasteiger charge is 2.26. The van der Waals surface area contributed by atoms with Crippen LogP contribution in [0.5, 0.6) is 11.5 Å². The number of hydrogen-bond donors (Lipinski definition) is 1. The molecule has 108 valence electrons. The fraction of sp³-hybridized carbons (Fsp3) is 0.0769. The minimum atomic E-state index is -0.834. The van der Waals surface area contributed by atoms with Crippen LogP contribution in [0.3, 0.4) is 0 Å². The van der Waals surface area contributed by atoms with Crippen molar-refractivity contribution in [3.8, 4) is 11.5 Å². The molecular formula is C13H9NO6S. The summed E-state index contributed by atoms with van der Waals surface area (Å²) >= 11 is 0.612. The van der Waals surface area contributed by atoms with Crippen LogP contribution < -0.4 is 14.8 Å². The van der Waals surface area contributed by atoms with E-state index < -0.39 is 17.1 Å². The van der Waals surface area contributed by atoms with E-state index in [4.69, 9.17) is 9.47 Å². The lowest BCUT2D eigenvalue weighted by molar-refractivity contribution is -0.129. The summed E-state index contributed by atoms with van der Waals surface area (Å²) in [6, 6.07) is 4.25. The Bertz CT molecular complexity index is 667. The first-order chi connectivity index (χ1) is 10.0. The molecule has 0 bridgehead atoms. The normalized spacial score (nSPS) is 15.8. The van der Waals surface area contributed by atoms with Crippen LogP contribution in [-0.4, -0.2) is 30.5 Å². The maximum Gasteiger partial charge on any atom is 0.337 e. The lowest BCUT2D eigenvalue weighted by atomic mass is 10.2. The number of benzene rings is 1. The Morgan fingerprint density at radius 2 is 2.05 bits per heavy atom. The average Bonchev–Trinajstić information content (AvgIpc) is 2.77. The van der Waals surface area contributed by atoms with Crippen LogP contribution in [0.2, 0.25) is 0 Å². The standard InChI is InChI=1S/C13H9NO6S/c1-19-9-4-7(6-15)2-3-8(9)20-11(16)5-10-12(17)14-13(18)21-10/h2-6H,1H3,(H,14,17,18)/b10-5+. The minimum absolute atomic E-state index is 0.0477. The molecule has 1 aromatic rings. The Labute approximate surface area is 123 Å². The molecule has 1 saturated heterocycles. The van der Waals surface area contributed by atoms with Crippen molar-refractivity contribution in [2.24, 2.45) is 0 Å².